The second-order valence-corrected chi connectivity index (χ2v) is 7.63. The maximum absolute atomic E-state index is 12.4. The molecule has 1 aromatic heterocycles. The van der Waals surface area contributed by atoms with Crippen molar-refractivity contribution in [1.82, 2.24) is 15.4 Å². The monoisotopic (exact) mass is 446 g/mol. The van der Waals surface area contributed by atoms with Gasteiger partial charge in [-0.05, 0) is 66.7 Å². The van der Waals surface area contributed by atoms with Gasteiger partial charge in [0.2, 0.25) is 0 Å². The van der Waals surface area contributed by atoms with E-state index in [0.717, 1.165) is 22.2 Å². The Hall–Kier alpha value is -3.91. The van der Waals surface area contributed by atoms with E-state index in [1.54, 1.807) is 37.6 Å². The number of carbonyl (C=O) groups is 1. The summed E-state index contributed by atoms with van der Waals surface area (Å²) in [5.74, 6) is 0.889. The molecule has 32 heavy (non-hydrogen) atoms. The Bertz CT molecular complexity index is 1340. The lowest BCUT2D eigenvalue weighted by Crippen LogP contribution is -2.17. The van der Waals surface area contributed by atoms with Gasteiger partial charge in [0.15, 0.2) is 16.3 Å². The van der Waals surface area contributed by atoms with Crippen LogP contribution in [0.5, 0.6) is 11.5 Å². The molecule has 162 valence electrons. The fourth-order valence-electron chi connectivity index (χ4n) is 3.14. The quantitative estimate of drug-likeness (QED) is 0.214. The Labute approximate surface area is 190 Å². The van der Waals surface area contributed by atoms with Gasteiger partial charge >= 0.3 is 0 Å². The summed E-state index contributed by atoms with van der Waals surface area (Å²) in [5, 5.41) is 4.07. The van der Waals surface area contributed by atoms with Gasteiger partial charge < -0.3 is 19.4 Å². The number of ether oxygens (including phenoxy) is 2. The van der Waals surface area contributed by atoms with E-state index in [1.807, 2.05) is 43.3 Å². The van der Waals surface area contributed by atoms with Crippen LogP contribution in [0.3, 0.4) is 0 Å². The van der Waals surface area contributed by atoms with Crippen LogP contribution in [-0.4, -0.2) is 29.2 Å². The molecular formula is C24H22N4O3S. The number of H-pyrrole nitrogens is 2. The molecule has 0 saturated carbocycles. The predicted molar refractivity (Wildman–Crippen MR) is 127 cm³/mol. The summed E-state index contributed by atoms with van der Waals surface area (Å²) >= 11 is 5.07. The number of methoxy groups -OCH3 is 1. The molecule has 4 rings (SSSR count). The summed E-state index contributed by atoms with van der Waals surface area (Å²) in [6.07, 6.45) is 1.55. The zero-order valence-corrected chi connectivity index (χ0v) is 18.5. The number of hydrogen-bond acceptors (Lipinski definition) is 5. The first kappa shape index (κ1) is 21.3. The van der Waals surface area contributed by atoms with Gasteiger partial charge in [0.1, 0.15) is 6.61 Å². The molecule has 0 bridgehead atoms. The molecule has 0 radical (unpaired) electrons. The Morgan fingerprint density at radius 1 is 1.03 bits per heavy atom. The normalized spacial score (nSPS) is 11.1. The molecule has 0 aliphatic rings. The van der Waals surface area contributed by atoms with Crippen molar-refractivity contribution in [2.75, 3.05) is 7.11 Å². The molecule has 8 heteroatoms. The van der Waals surface area contributed by atoms with Gasteiger partial charge in [0, 0.05) is 5.56 Å². The largest absolute Gasteiger partial charge is 0.493 e. The summed E-state index contributed by atoms with van der Waals surface area (Å²) in [7, 11) is 1.59. The third kappa shape index (κ3) is 5.04. The molecule has 1 heterocycles. The summed E-state index contributed by atoms with van der Waals surface area (Å²) in [6, 6.07) is 18.8. The average molecular weight is 447 g/mol. The van der Waals surface area contributed by atoms with Crippen LogP contribution in [0, 0.1) is 11.7 Å². The third-order valence-corrected chi connectivity index (χ3v) is 5.06. The van der Waals surface area contributed by atoms with Gasteiger partial charge in [-0.15, -0.1) is 0 Å². The molecule has 0 spiro atoms. The lowest BCUT2D eigenvalue weighted by Gasteiger charge is -2.11. The highest BCUT2D eigenvalue weighted by molar-refractivity contribution is 7.71. The molecule has 0 atom stereocenters. The van der Waals surface area contributed by atoms with Crippen molar-refractivity contribution in [2.24, 2.45) is 5.10 Å². The van der Waals surface area contributed by atoms with Gasteiger partial charge in [0.05, 0.1) is 24.4 Å². The Balaban J connectivity index is 1.43. The van der Waals surface area contributed by atoms with Crippen LogP contribution in [0.2, 0.25) is 0 Å². The van der Waals surface area contributed by atoms with E-state index in [0.29, 0.717) is 28.4 Å². The van der Waals surface area contributed by atoms with Crippen molar-refractivity contribution >= 4 is 35.4 Å². The molecule has 0 aliphatic carbocycles. The third-order valence-electron chi connectivity index (χ3n) is 4.86. The van der Waals surface area contributed by atoms with Gasteiger partial charge in [-0.1, -0.05) is 29.8 Å². The molecule has 3 aromatic carbocycles. The van der Waals surface area contributed by atoms with E-state index in [2.05, 4.69) is 20.5 Å². The molecule has 3 N–H and O–H groups in total. The second kappa shape index (κ2) is 9.49. The maximum atomic E-state index is 12.4. The van der Waals surface area contributed by atoms with Gasteiger partial charge in [-0.3, -0.25) is 4.79 Å². The minimum Gasteiger partial charge on any atom is -0.493 e. The van der Waals surface area contributed by atoms with E-state index >= 15 is 0 Å². The number of aromatic nitrogens is 2. The maximum Gasteiger partial charge on any atom is 0.271 e. The number of fused-ring (bicyclic) bond motifs is 1. The smallest absolute Gasteiger partial charge is 0.271 e. The summed E-state index contributed by atoms with van der Waals surface area (Å²) in [5.41, 5.74) is 7.62. The van der Waals surface area contributed by atoms with E-state index in [9.17, 15) is 4.79 Å². The number of aromatic amines is 2. The molecular weight excluding hydrogens is 424 g/mol. The lowest BCUT2D eigenvalue weighted by atomic mass is 10.1. The first-order chi connectivity index (χ1) is 15.5. The highest BCUT2D eigenvalue weighted by Crippen LogP contribution is 2.28. The summed E-state index contributed by atoms with van der Waals surface area (Å²) < 4.78 is 11.8. The van der Waals surface area contributed by atoms with Crippen LogP contribution in [0.15, 0.2) is 65.8 Å². The van der Waals surface area contributed by atoms with Crippen molar-refractivity contribution < 1.29 is 14.3 Å². The van der Waals surface area contributed by atoms with Gasteiger partial charge in [0.25, 0.3) is 5.91 Å². The fourth-order valence-corrected chi connectivity index (χ4v) is 3.36. The molecule has 0 aliphatic heterocycles. The molecule has 0 saturated heterocycles. The highest BCUT2D eigenvalue weighted by atomic mass is 32.1. The van der Waals surface area contributed by atoms with E-state index < -0.39 is 0 Å². The Morgan fingerprint density at radius 2 is 1.81 bits per heavy atom. The van der Waals surface area contributed by atoms with Gasteiger partial charge in [-0.2, -0.15) is 5.10 Å². The number of imidazole rings is 1. The number of rotatable bonds is 7. The molecule has 1 amide bonds. The number of hydrogen-bond donors (Lipinski definition) is 3. The number of carbonyl (C=O) groups excluding carboxylic acids is 1. The van der Waals surface area contributed by atoms with Crippen molar-refractivity contribution in [3.05, 3.63) is 87.7 Å². The van der Waals surface area contributed by atoms with Crippen LogP contribution >= 0.6 is 12.2 Å². The molecule has 0 unspecified atom stereocenters. The van der Waals surface area contributed by atoms with E-state index in [-0.39, 0.29) is 5.91 Å². The van der Waals surface area contributed by atoms with Crippen molar-refractivity contribution in [1.29, 1.82) is 0 Å². The number of benzene rings is 3. The first-order valence-electron chi connectivity index (χ1n) is 9.93. The van der Waals surface area contributed by atoms with Crippen LogP contribution in [0.1, 0.15) is 27.0 Å². The molecule has 0 fully saturated rings. The van der Waals surface area contributed by atoms with Crippen LogP contribution in [0.4, 0.5) is 0 Å². The Kier molecular flexibility index (Phi) is 6.32. The minimum absolute atomic E-state index is 0.326. The minimum atomic E-state index is -0.326. The Morgan fingerprint density at radius 3 is 2.59 bits per heavy atom. The molecule has 4 aromatic rings. The highest BCUT2D eigenvalue weighted by Gasteiger charge is 2.08. The molecule has 7 nitrogen and oxygen atoms in total. The first-order valence-corrected chi connectivity index (χ1v) is 10.3. The van der Waals surface area contributed by atoms with Crippen LogP contribution in [0.25, 0.3) is 11.0 Å². The lowest BCUT2D eigenvalue weighted by molar-refractivity contribution is 0.0955. The average Bonchev–Trinajstić information content (AvgIpc) is 3.18. The van der Waals surface area contributed by atoms with Crippen molar-refractivity contribution in [2.45, 2.75) is 13.5 Å². The predicted octanol–water partition coefficient (Wildman–Crippen LogP) is 4.89. The standard InChI is InChI=1S/C24H22N4O3S/c1-15-3-5-16(6-4-15)14-31-22-11-17(7-10-21(22)30-2)13-25-28-23(29)18-8-9-19-20(12-18)27-24(32)26-19/h3-13H,14H2,1-2H3,(H,28,29)(H2,26,27,32)/b25-13-. The zero-order chi connectivity index (χ0) is 22.5. The summed E-state index contributed by atoms with van der Waals surface area (Å²) in [6.45, 7) is 2.46. The van der Waals surface area contributed by atoms with E-state index in [4.69, 9.17) is 21.7 Å². The fraction of sp³-hybridized carbons (Fsp3) is 0.125. The van der Waals surface area contributed by atoms with Gasteiger partial charge in [-0.25, -0.2) is 5.43 Å². The summed E-state index contributed by atoms with van der Waals surface area (Å²) in [4.78, 5) is 18.4. The van der Waals surface area contributed by atoms with Crippen LogP contribution < -0.4 is 14.9 Å². The van der Waals surface area contributed by atoms with Crippen molar-refractivity contribution in [3.63, 3.8) is 0 Å². The zero-order valence-electron chi connectivity index (χ0n) is 17.6. The number of hydrazone groups is 1. The topological polar surface area (TPSA) is 91.5 Å². The number of nitrogens with one attached hydrogen (secondary N) is 3. The number of aryl methyl sites for hydroxylation is 1. The SMILES string of the molecule is COc1ccc(/C=N\NC(=O)c2ccc3[nH]c(=S)[nH]c3c2)cc1OCc1ccc(C)cc1. The van der Waals surface area contributed by atoms with Crippen LogP contribution in [-0.2, 0) is 6.61 Å². The van der Waals surface area contributed by atoms with E-state index in [1.165, 1.54) is 5.56 Å². The number of nitrogens with zero attached hydrogens (tertiary/aromatic N) is 1. The number of amides is 1. The van der Waals surface area contributed by atoms with Crippen molar-refractivity contribution in [3.8, 4) is 11.5 Å². The second-order valence-electron chi connectivity index (χ2n) is 7.22.